The lowest BCUT2D eigenvalue weighted by Crippen LogP contribution is -2.58. The summed E-state index contributed by atoms with van der Waals surface area (Å²) in [4.78, 5) is 41.0. The maximum absolute atomic E-state index is 13.7. The Kier molecular flexibility index (Phi) is 4.50. The third-order valence-corrected chi connectivity index (χ3v) is 4.95. The lowest BCUT2D eigenvalue weighted by molar-refractivity contribution is -0.410. The van der Waals surface area contributed by atoms with Crippen molar-refractivity contribution in [1.82, 2.24) is 15.1 Å². The van der Waals surface area contributed by atoms with Crippen molar-refractivity contribution < 1.29 is 32.8 Å². The Labute approximate surface area is 164 Å². The molecule has 29 heavy (non-hydrogen) atoms. The number of halogens is 2. The highest BCUT2D eigenvalue weighted by Gasteiger charge is 2.48. The first kappa shape index (κ1) is 18.9. The van der Waals surface area contributed by atoms with Crippen molar-refractivity contribution >= 4 is 23.3 Å². The van der Waals surface area contributed by atoms with Gasteiger partial charge in [0.25, 0.3) is 5.91 Å². The molecule has 3 heterocycles. The number of aliphatic hydroxyl groups is 1. The largest absolute Gasteiger partial charge is 0.499 e. The second kappa shape index (κ2) is 6.89. The van der Waals surface area contributed by atoms with Gasteiger partial charge in [0.1, 0.15) is 18.2 Å². The van der Waals surface area contributed by atoms with E-state index in [-0.39, 0.29) is 23.4 Å². The molecule has 1 aromatic carbocycles. The summed E-state index contributed by atoms with van der Waals surface area (Å²) < 4.78 is 28.1. The van der Waals surface area contributed by atoms with Crippen molar-refractivity contribution in [3.63, 3.8) is 0 Å². The third kappa shape index (κ3) is 3.21. The van der Waals surface area contributed by atoms with Gasteiger partial charge in [-0.3, -0.25) is 19.3 Å². The Hall–Kier alpha value is -3.40. The maximum Gasteiger partial charge on any atom is 0.324 e. The van der Waals surface area contributed by atoms with Crippen LogP contribution < -0.4 is 5.32 Å². The Morgan fingerprint density at radius 1 is 1.28 bits per heavy atom. The number of aliphatic hydroxyl groups excluding tert-OH is 1. The molecule has 10 heteroatoms. The van der Waals surface area contributed by atoms with Gasteiger partial charge in [-0.2, -0.15) is 4.58 Å². The second-order valence-corrected chi connectivity index (χ2v) is 7.08. The standard InChI is InChI=1S/C19H16F2N4O4/c1-23-6-12-7-24(9-23)19(29)15-17(27)16(26)13(8-25(12)15)18(28)22-5-10-2-3-11(20)4-14(10)21/h2-4,8H,5-7,9H2,1H3,(H-,22,27,28,29)/p+1. The molecule has 8 nitrogen and oxygen atoms in total. The van der Waals surface area contributed by atoms with Crippen molar-refractivity contribution in [2.75, 3.05) is 26.8 Å². The monoisotopic (exact) mass is 403 g/mol. The number of allylic oxidation sites excluding steroid dienone is 1. The second-order valence-electron chi connectivity index (χ2n) is 7.08. The summed E-state index contributed by atoms with van der Waals surface area (Å²) in [7, 11) is 1.82. The molecule has 1 fully saturated rings. The van der Waals surface area contributed by atoms with Gasteiger partial charge in [-0.25, -0.2) is 8.78 Å². The van der Waals surface area contributed by atoms with E-state index in [0.29, 0.717) is 25.8 Å². The first-order valence-electron chi connectivity index (χ1n) is 8.80. The zero-order valence-corrected chi connectivity index (χ0v) is 15.4. The summed E-state index contributed by atoms with van der Waals surface area (Å²) in [6.07, 6.45) is 1.22. The van der Waals surface area contributed by atoms with Gasteiger partial charge in [0, 0.05) is 18.2 Å². The summed E-state index contributed by atoms with van der Waals surface area (Å²) in [5.41, 5.74) is 0.208. The number of nitrogens with zero attached hydrogens (tertiary/aromatic N) is 3. The SMILES string of the molecule is CN1CC2=[N+]3C=C(C(=O)NCc4ccc(F)cc4F)C(=O)C(O)=C3C(=O)N(C2)C1. The lowest BCUT2D eigenvalue weighted by atomic mass is 10.0. The summed E-state index contributed by atoms with van der Waals surface area (Å²) in [6.45, 7) is 0.891. The normalized spacial score (nSPS) is 19.4. The molecule has 4 rings (SSSR count). The van der Waals surface area contributed by atoms with Crippen molar-refractivity contribution in [2.45, 2.75) is 6.54 Å². The number of hydrogen-bond donors (Lipinski definition) is 2. The van der Waals surface area contributed by atoms with Gasteiger partial charge in [-0.05, 0) is 13.1 Å². The molecule has 2 amide bonds. The van der Waals surface area contributed by atoms with E-state index in [9.17, 15) is 28.3 Å². The Balaban J connectivity index is 1.63. The van der Waals surface area contributed by atoms with Gasteiger partial charge in [-0.15, -0.1) is 0 Å². The predicted molar refractivity (Wildman–Crippen MR) is 95.4 cm³/mol. The number of hydrogen-bond acceptors (Lipinski definition) is 5. The number of ketones is 1. The molecule has 2 N–H and O–H groups in total. The number of amides is 2. The van der Waals surface area contributed by atoms with Crippen LogP contribution in [0.4, 0.5) is 8.78 Å². The van der Waals surface area contributed by atoms with Gasteiger partial charge in [-0.1, -0.05) is 6.07 Å². The smallest absolute Gasteiger partial charge is 0.324 e. The molecule has 0 spiro atoms. The van der Waals surface area contributed by atoms with E-state index in [1.54, 1.807) is 0 Å². The first-order chi connectivity index (χ1) is 13.8. The molecule has 0 aliphatic carbocycles. The quantitative estimate of drug-likeness (QED) is 0.548. The summed E-state index contributed by atoms with van der Waals surface area (Å²) in [5, 5.41) is 12.7. The minimum atomic E-state index is -0.989. The van der Waals surface area contributed by atoms with E-state index in [1.165, 1.54) is 21.7 Å². The average molecular weight is 403 g/mol. The highest BCUT2D eigenvalue weighted by Crippen LogP contribution is 2.25. The van der Waals surface area contributed by atoms with Crippen LogP contribution in [0.5, 0.6) is 0 Å². The fourth-order valence-electron chi connectivity index (χ4n) is 3.56. The highest BCUT2D eigenvalue weighted by atomic mass is 19.1. The van der Waals surface area contributed by atoms with Gasteiger partial charge in [0.2, 0.25) is 11.5 Å². The van der Waals surface area contributed by atoms with Crippen molar-refractivity contribution in [3.8, 4) is 0 Å². The first-order valence-corrected chi connectivity index (χ1v) is 8.80. The molecule has 150 valence electrons. The zero-order chi connectivity index (χ0) is 20.9. The van der Waals surface area contributed by atoms with Crippen LogP contribution in [0.15, 0.2) is 41.4 Å². The molecular formula is C19H17F2N4O4+. The molecule has 0 radical (unpaired) electrons. The molecule has 0 atom stereocenters. The third-order valence-electron chi connectivity index (χ3n) is 4.95. The number of fused-ring (bicyclic) bond motifs is 3. The van der Waals surface area contributed by atoms with Crippen LogP contribution in [0.2, 0.25) is 0 Å². The van der Waals surface area contributed by atoms with E-state index >= 15 is 0 Å². The topological polar surface area (TPSA) is 93.0 Å². The number of Topliss-reactive ketones (excluding diaryl/α,β-unsaturated/α-hetero) is 1. The highest BCUT2D eigenvalue weighted by molar-refractivity contribution is 6.26. The molecule has 1 saturated heterocycles. The molecule has 0 aromatic heterocycles. The van der Waals surface area contributed by atoms with E-state index in [4.69, 9.17) is 0 Å². The van der Waals surface area contributed by atoms with Crippen molar-refractivity contribution in [2.24, 2.45) is 0 Å². The minimum absolute atomic E-state index is 0.0381. The molecule has 1 aromatic rings. The number of rotatable bonds is 3. The molecule has 0 saturated carbocycles. The van der Waals surface area contributed by atoms with Crippen LogP contribution in [0.1, 0.15) is 5.56 Å². The maximum atomic E-state index is 13.7. The van der Waals surface area contributed by atoms with Crippen LogP contribution in [-0.4, -0.2) is 69.6 Å². The fraction of sp³-hybridized carbons (Fsp3) is 0.263. The average Bonchev–Trinajstić information content (AvgIpc) is 2.67. The predicted octanol–water partition coefficient (Wildman–Crippen LogP) is 0.0158. The Morgan fingerprint density at radius 2 is 2.03 bits per heavy atom. The van der Waals surface area contributed by atoms with E-state index in [1.807, 2.05) is 11.9 Å². The summed E-state index contributed by atoms with van der Waals surface area (Å²) in [5.74, 6) is -4.72. The van der Waals surface area contributed by atoms with Gasteiger partial charge < -0.3 is 15.3 Å². The van der Waals surface area contributed by atoms with E-state index in [2.05, 4.69) is 5.32 Å². The molecule has 3 aliphatic heterocycles. The minimum Gasteiger partial charge on any atom is -0.499 e. The molecule has 3 aliphatic rings. The fourth-order valence-corrected chi connectivity index (χ4v) is 3.56. The van der Waals surface area contributed by atoms with Crippen LogP contribution >= 0.6 is 0 Å². The number of carbonyl (C=O) groups excluding carboxylic acids is 3. The van der Waals surface area contributed by atoms with Crippen LogP contribution in [0.25, 0.3) is 0 Å². The van der Waals surface area contributed by atoms with Crippen LogP contribution in [0.3, 0.4) is 0 Å². The van der Waals surface area contributed by atoms with Crippen molar-refractivity contribution in [3.05, 3.63) is 58.6 Å². The Bertz CT molecular complexity index is 1060. The van der Waals surface area contributed by atoms with Gasteiger partial charge in [0.05, 0.1) is 13.2 Å². The van der Waals surface area contributed by atoms with Crippen molar-refractivity contribution in [1.29, 1.82) is 0 Å². The number of nitrogens with one attached hydrogen (secondary N) is 1. The number of carbonyl (C=O) groups is 3. The lowest BCUT2D eigenvalue weighted by Gasteiger charge is -2.36. The zero-order valence-electron chi connectivity index (χ0n) is 15.4. The molecule has 2 bridgehead atoms. The van der Waals surface area contributed by atoms with Gasteiger partial charge in [0.15, 0.2) is 17.5 Å². The van der Waals surface area contributed by atoms with E-state index < -0.39 is 35.0 Å². The van der Waals surface area contributed by atoms with Crippen LogP contribution in [0, 0.1) is 11.6 Å². The molecule has 0 unspecified atom stereocenters. The summed E-state index contributed by atoms with van der Waals surface area (Å²) in [6, 6.07) is 2.93. The van der Waals surface area contributed by atoms with Crippen LogP contribution in [-0.2, 0) is 20.9 Å². The Morgan fingerprint density at radius 3 is 2.76 bits per heavy atom. The number of benzene rings is 1. The molecular weight excluding hydrogens is 386 g/mol. The summed E-state index contributed by atoms with van der Waals surface area (Å²) >= 11 is 0. The van der Waals surface area contributed by atoms with E-state index in [0.717, 1.165) is 11.8 Å². The van der Waals surface area contributed by atoms with Gasteiger partial charge >= 0.3 is 11.6 Å².